The Kier molecular flexibility index (Phi) is 7.13. The van der Waals surface area contributed by atoms with Gasteiger partial charge in [-0.1, -0.05) is 42.3 Å². The average Bonchev–Trinajstić information content (AvgIpc) is 2.69. The third-order valence-electron chi connectivity index (χ3n) is 4.89. The number of rotatable bonds is 7. The summed E-state index contributed by atoms with van der Waals surface area (Å²) in [5, 5.41) is 3.47. The third-order valence-corrected chi connectivity index (χ3v) is 5.19. The standard InChI is InChI=1S/C22H27ClN2O2/c1-2-27-21-11-10-17(14-20(21)23)22(26)24-15-18-8-4-5-9-19(18)16-25-12-6-3-7-13-25/h4-5,8-11,14H,2-3,6-7,12-13,15-16H2,1H3,(H,24,26). The number of ether oxygens (including phenoxy) is 1. The highest BCUT2D eigenvalue weighted by Crippen LogP contribution is 2.25. The predicted molar refractivity (Wildman–Crippen MR) is 109 cm³/mol. The SMILES string of the molecule is CCOc1ccc(C(=O)NCc2ccccc2CN2CCCCC2)cc1Cl. The Hall–Kier alpha value is -2.04. The van der Waals surface area contributed by atoms with Gasteiger partial charge in [0.05, 0.1) is 11.6 Å². The average molecular weight is 387 g/mol. The molecular weight excluding hydrogens is 360 g/mol. The molecule has 1 aliphatic heterocycles. The molecule has 0 spiro atoms. The van der Waals surface area contributed by atoms with Gasteiger partial charge in [-0.2, -0.15) is 0 Å². The Bertz CT molecular complexity index is 773. The van der Waals surface area contributed by atoms with Crippen molar-refractivity contribution in [2.24, 2.45) is 0 Å². The molecule has 0 radical (unpaired) electrons. The summed E-state index contributed by atoms with van der Waals surface area (Å²) in [5.41, 5.74) is 2.98. The van der Waals surface area contributed by atoms with Gasteiger partial charge in [-0.25, -0.2) is 0 Å². The maximum absolute atomic E-state index is 12.5. The number of benzene rings is 2. The van der Waals surface area contributed by atoms with Crippen molar-refractivity contribution >= 4 is 17.5 Å². The Labute approximate surface area is 166 Å². The van der Waals surface area contributed by atoms with Gasteiger partial charge >= 0.3 is 0 Å². The van der Waals surface area contributed by atoms with Crippen LogP contribution < -0.4 is 10.1 Å². The summed E-state index contributed by atoms with van der Waals surface area (Å²) in [4.78, 5) is 15.0. The quantitative estimate of drug-likeness (QED) is 0.752. The first-order valence-electron chi connectivity index (χ1n) is 9.67. The van der Waals surface area contributed by atoms with E-state index in [1.165, 1.54) is 24.8 Å². The second-order valence-corrected chi connectivity index (χ2v) is 7.27. The van der Waals surface area contributed by atoms with Gasteiger partial charge in [-0.15, -0.1) is 0 Å². The zero-order valence-corrected chi connectivity index (χ0v) is 16.6. The molecule has 0 unspecified atom stereocenters. The lowest BCUT2D eigenvalue weighted by Gasteiger charge is -2.27. The number of carbonyl (C=O) groups is 1. The van der Waals surface area contributed by atoms with E-state index in [0.717, 1.165) is 25.2 Å². The molecule has 1 fully saturated rings. The summed E-state index contributed by atoms with van der Waals surface area (Å²) in [6, 6.07) is 13.5. The molecule has 0 aromatic heterocycles. The number of amides is 1. The van der Waals surface area contributed by atoms with Gasteiger partial charge in [-0.05, 0) is 62.2 Å². The van der Waals surface area contributed by atoms with Gasteiger partial charge in [0.15, 0.2) is 0 Å². The Morgan fingerprint density at radius 1 is 1.11 bits per heavy atom. The van der Waals surface area contributed by atoms with Crippen molar-refractivity contribution in [3.63, 3.8) is 0 Å². The highest BCUT2D eigenvalue weighted by molar-refractivity contribution is 6.32. The summed E-state index contributed by atoms with van der Waals surface area (Å²) in [6.45, 7) is 6.21. The first-order valence-corrected chi connectivity index (χ1v) is 10.0. The predicted octanol–water partition coefficient (Wildman–Crippen LogP) is 4.65. The highest BCUT2D eigenvalue weighted by Gasteiger charge is 2.14. The van der Waals surface area contributed by atoms with Gasteiger partial charge in [0.25, 0.3) is 5.91 Å². The summed E-state index contributed by atoms with van der Waals surface area (Å²) in [6.07, 6.45) is 3.88. The van der Waals surface area contributed by atoms with Gasteiger partial charge in [0, 0.05) is 18.7 Å². The number of nitrogens with zero attached hydrogens (tertiary/aromatic N) is 1. The van der Waals surface area contributed by atoms with Crippen LogP contribution in [0.5, 0.6) is 5.75 Å². The molecule has 3 rings (SSSR count). The molecule has 1 heterocycles. The van der Waals surface area contributed by atoms with E-state index in [1.54, 1.807) is 18.2 Å². The van der Waals surface area contributed by atoms with Crippen LogP contribution >= 0.6 is 11.6 Å². The Balaban J connectivity index is 1.62. The van der Waals surface area contributed by atoms with E-state index >= 15 is 0 Å². The molecule has 4 nitrogen and oxygen atoms in total. The van der Waals surface area contributed by atoms with Crippen molar-refractivity contribution in [3.05, 3.63) is 64.2 Å². The molecule has 0 bridgehead atoms. The summed E-state index contributed by atoms with van der Waals surface area (Å²) >= 11 is 6.19. The highest BCUT2D eigenvalue weighted by atomic mass is 35.5. The lowest BCUT2D eigenvalue weighted by atomic mass is 10.0. The van der Waals surface area contributed by atoms with Crippen molar-refractivity contribution in [2.45, 2.75) is 39.3 Å². The fourth-order valence-electron chi connectivity index (χ4n) is 3.43. The van der Waals surface area contributed by atoms with Gasteiger partial charge in [0.2, 0.25) is 0 Å². The minimum atomic E-state index is -0.132. The molecule has 2 aromatic carbocycles. The van der Waals surface area contributed by atoms with Crippen molar-refractivity contribution in [1.29, 1.82) is 0 Å². The molecule has 1 amide bonds. The van der Waals surface area contributed by atoms with E-state index in [-0.39, 0.29) is 5.91 Å². The number of halogens is 1. The van der Waals surface area contributed by atoms with E-state index in [1.807, 2.05) is 13.0 Å². The van der Waals surface area contributed by atoms with Crippen molar-refractivity contribution in [2.75, 3.05) is 19.7 Å². The van der Waals surface area contributed by atoms with Crippen LogP contribution in [0.4, 0.5) is 0 Å². The Morgan fingerprint density at radius 2 is 1.85 bits per heavy atom. The van der Waals surface area contributed by atoms with Gasteiger partial charge in [0.1, 0.15) is 5.75 Å². The lowest BCUT2D eigenvalue weighted by molar-refractivity contribution is 0.0950. The number of piperidine rings is 1. The molecule has 5 heteroatoms. The van der Waals surface area contributed by atoms with Crippen molar-refractivity contribution < 1.29 is 9.53 Å². The van der Waals surface area contributed by atoms with Crippen LogP contribution in [-0.2, 0) is 13.1 Å². The number of hydrogen-bond acceptors (Lipinski definition) is 3. The van der Waals surface area contributed by atoms with Crippen molar-refractivity contribution in [3.8, 4) is 5.75 Å². The smallest absolute Gasteiger partial charge is 0.251 e. The fraction of sp³-hybridized carbons (Fsp3) is 0.409. The normalized spacial score (nSPS) is 14.7. The number of nitrogens with one attached hydrogen (secondary N) is 1. The Morgan fingerprint density at radius 3 is 2.56 bits per heavy atom. The molecule has 144 valence electrons. The molecule has 1 saturated heterocycles. The van der Waals surface area contributed by atoms with Gasteiger partial charge < -0.3 is 10.1 Å². The molecular formula is C22H27ClN2O2. The van der Waals surface area contributed by atoms with Crippen LogP contribution in [0.3, 0.4) is 0 Å². The summed E-state index contributed by atoms with van der Waals surface area (Å²) < 4.78 is 5.42. The first kappa shape index (κ1) is 19.7. The van der Waals surface area contributed by atoms with E-state index in [9.17, 15) is 4.79 Å². The van der Waals surface area contributed by atoms with Crippen LogP contribution in [0.25, 0.3) is 0 Å². The number of hydrogen-bond donors (Lipinski definition) is 1. The molecule has 2 aromatic rings. The van der Waals surface area contributed by atoms with Crippen LogP contribution in [0, 0.1) is 0 Å². The maximum atomic E-state index is 12.5. The van der Waals surface area contributed by atoms with Crippen molar-refractivity contribution in [1.82, 2.24) is 10.2 Å². The third kappa shape index (κ3) is 5.47. The van der Waals surface area contributed by atoms with E-state index < -0.39 is 0 Å². The van der Waals surface area contributed by atoms with Crippen LogP contribution in [0.15, 0.2) is 42.5 Å². The van der Waals surface area contributed by atoms with Gasteiger partial charge in [-0.3, -0.25) is 9.69 Å². The second kappa shape index (κ2) is 9.77. The monoisotopic (exact) mass is 386 g/mol. The molecule has 0 aliphatic carbocycles. The summed E-state index contributed by atoms with van der Waals surface area (Å²) in [7, 11) is 0. The largest absolute Gasteiger partial charge is 0.492 e. The maximum Gasteiger partial charge on any atom is 0.251 e. The van der Waals surface area contributed by atoms with E-state index in [0.29, 0.717) is 29.5 Å². The van der Waals surface area contributed by atoms with Crippen LogP contribution in [0.1, 0.15) is 47.7 Å². The van der Waals surface area contributed by atoms with Crippen LogP contribution in [-0.4, -0.2) is 30.5 Å². The zero-order chi connectivity index (χ0) is 19.1. The summed E-state index contributed by atoms with van der Waals surface area (Å²) in [5.74, 6) is 0.468. The fourth-order valence-corrected chi connectivity index (χ4v) is 3.67. The first-order chi connectivity index (χ1) is 13.2. The van der Waals surface area contributed by atoms with E-state index in [2.05, 4.69) is 28.4 Å². The molecule has 1 aliphatic rings. The number of likely N-dealkylation sites (tertiary alicyclic amines) is 1. The molecule has 1 N–H and O–H groups in total. The molecule has 0 atom stereocenters. The lowest BCUT2D eigenvalue weighted by Crippen LogP contribution is -2.30. The minimum Gasteiger partial charge on any atom is -0.492 e. The minimum absolute atomic E-state index is 0.132. The molecule has 27 heavy (non-hydrogen) atoms. The zero-order valence-electron chi connectivity index (χ0n) is 15.8. The van der Waals surface area contributed by atoms with Crippen LogP contribution in [0.2, 0.25) is 5.02 Å². The molecule has 0 saturated carbocycles. The topological polar surface area (TPSA) is 41.6 Å². The second-order valence-electron chi connectivity index (χ2n) is 6.87. The van der Waals surface area contributed by atoms with E-state index in [4.69, 9.17) is 16.3 Å². The number of carbonyl (C=O) groups excluding carboxylic acids is 1.